The van der Waals surface area contributed by atoms with E-state index in [1.165, 1.54) is 28.0 Å². The first-order chi connectivity index (χ1) is 16.3. The Morgan fingerprint density at radius 1 is 1.03 bits per heavy atom. The van der Waals surface area contributed by atoms with E-state index in [4.69, 9.17) is 23.2 Å². The van der Waals surface area contributed by atoms with Gasteiger partial charge in [0.1, 0.15) is 10.5 Å². The molecular formula is C24H20Cl2FN3O3S. The number of halogens is 3. The highest BCUT2D eigenvalue weighted by atomic mass is 35.5. The van der Waals surface area contributed by atoms with Gasteiger partial charge in [-0.05, 0) is 47.7 Å². The lowest BCUT2D eigenvalue weighted by Crippen LogP contribution is -2.41. The topological polar surface area (TPSA) is 73.1 Å². The number of benzene rings is 2. The van der Waals surface area contributed by atoms with Gasteiger partial charge in [0.05, 0.1) is 12.1 Å². The van der Waals surface area contributed by atoms with Gasteiger partial charge in [-0.15, -0.1) is 11.3 Å². The summed E-state index contributed by atoms with van der Waals surface area (Å²) in [6.07, 6.45) is 0.577. The van der Waals surface area contributed by atoms with Crippen molar-refractivity contribution in [2.45, 2.75) is 25.9 Å². The average molecular weight is 520 g/mol. The Morgan fingerprint density at radius 2 is 1.79 bits per heavy atom. The Balaban J connectivity index is 1.51. The molecule has 0 atom stereocenters. The summed E-state index contributed by atoms with van der Waals surface area (Å²) >= 11 is 13.2. The number of nitrogens with zero attached hydrogens (tertiary/aromatic N) is 2. The molecule has 0 aliphatic rings. The second-order valence-corrected chi connectivity index (χ2v) is 9.40. The second kappa shape index (κ2) is 10.5. The molecule has 0 spiro atoms. The number of hydrogen-bond acceptors (Lipinski definition) is 4. The van der Waals surface area contributed by atoms with Crippen LogP contribution in [0.15, 0.2) is 63.5 Å². The number of carbonyl (C=O) groups is 1. The Kier molecular flexibility index (Phi) is 7.50. The molecule has 6 nitrogen and oxygen atoms in total. The molecule has 0 aliphatic carbocycles. The molecular weight excluding hydrogens is 500 g/mol. The molecule has 4 aromatic rings. The molecule has 2 aromatic carbocycles. The summed E-state index contributed by atoms with van der Waals surface area (Å²) in [4.78, 5) is 38.4. The third-order valence-corrected chi connectivity index (χ3v) is 6.92. The van der Waals surface area contributed by atoms with E-state index in [1.54, 1.807) is 29.6 Å². The molecule has 0 bridgehead atoms. The van der Waals surface area contributed by atoms with Gasteiger partial charge in [-0.1, -0.05) is 41.4 Å². The molecule has 1 N–H and O–H groups in total. The predicted octanol–water partition coefficient (Wildman–Crippen LogP) is 4.47. The molecule has 2 heterocycles. The first-order valence-corrected chi connectivity index (χ1v) is 12.1. The van der Waals surface area contributed by atoms with Gasteiger partial charge in [-0.2, -0.15) is 0 Å². The van der Waals surface area contributed by atoms with E-state index < -0.39 is 17.1 Å². The van der Waals surface area contributed by atoms with E-state index in [2.05, 4.69) is 5.32 Å². The molecule has 0 saturated carbocycles. The summed E-state index contributed by atoms with van der Waals surface area (Å²) in [5.41, 5.74) is 0.495. The van der Waals surface area contributed by atoms with Gasteiger partial charge in [-0.25, -0.2) is 9.18 Å². The van der Waals surface area contributed by atoms with Crippen LogP contribution in [0.1, 0.15) is 17.5 Å². The minimum atomic E-state index is -0.621. The first-order valence-electron chi connectivity index (χ1n) is 10.5. The predicted molar refractivity (Wildman–Crippen MR) is 134 cm³/mol. The van der Waals surface area contributed by atoms with Gasteiger partial charge in [-0.3, -0.25) is 18.7 Å². The fourth-order valence-corrected chi connectivity index (χ4v) is 4.82. The van der Waals surface area contributed by atoms with Crippen LogP contribution in [-0.4, -0.2) is 21.6 Å². The number of hydrogen-bond donors (Lipinski definition) is 1. The highest BCUT2D eigenvalue weighted by Crippen LogP contribution is 2.22. The summed E-state index contributed by atoms with van der Waals surface area (Å²) in [5, 5.41) is 5.32. The number of rotatable bonds is 8. The van der Waals surface area contributed by atoms with Crippen LogP contribution in [0.25, 0.3) is 10.2 Å². The molecule has 2 aromatic heterocycles. The number of aromatic nitrogens is 2. The minimum Gasteiger partial charge on any atom is -0.356 e. The Morgan fingerprint density at radius 3 is 2.53 bits per heavy atom. The fourth-order valence-electron chi connectivity index (χ4n) is 3.62. The van der Waals surface area contributed by atoms with Crippen LogP contribution in [0.4, 0.5) is 4.39 Å². The lowest BCUT2D eigenvalue weighted by Gasteiger charge is -2.13. The SMILES string of the molecule is O=C(CCn1c(=O)c2sccc2n(Cc2c(F)cccc2Cl)c1=O)NCCc1ccc(Cl)cc1. The summed E-state index contributed by atoms with van der Waals surface area (Å²) in [6.45, 7) is 0.184. The molecule has 176 valence electrons. The van der Waals surface area contributed by atoms with Gasteiger partial charge in [0.25, 0.3) is 5.56 Å². The van der Waals surface area contributed by atoms with Gasteiger partial charge < -0.3 is 5.32 Å². The molecule has 4 rings (SSSR count). The van der Waals surface area contributed by atoms with Crippen LogP contribution in [-0.2, 0) is 24.3 Å². The summed E-state index contributed by atoms with van der Waals surface area (Å²) in [7, 11) is 0. The van der Waals surface area contributed by atoms with Crippen molar-refractivity contribution in [3.63, 3.8) is 0 Å². The van der Waals surface area contributed by atoms with Crippen molar-refractivity contribution in [1.29, 1.82) is 0 Å². The van der Waals surface area contributed by atoms with Crippen molar-refractivity contribution in [1.82, 2.24) is 14.5 Å². The van der Waals surface area contributed by atoms with Gasteiger partial charge in [0.2, 0.25) is 5.91 Å². The molecule has 0 saturated heterocycles. The number of thiophene rings is 1. The van der Waals surface area contributed by atoms with E-state index >= 15 is 0 Å². The molecule has 0 aliphatic heterocycles. The van der Waals surface area contributed by atoms with Crippen LogP contribution in [0, 0.1) is 5.82 Å². The van der Waals surface area contributed by atoms with E-state index in [9.17, 15) is 18.8 Å². The molecule has 0 unspecified atom stereocenters. The van der Waals surface area contributed by atoms with Crippen molar-refractivity contribution in [3.05, 3.63) is 102 Å². The number of nitrogens with one attached hydrogen (secondary N) is 1. The van der Waals surface area contributed by atoms with Gasteiger partial charge >= 0.3 is 5.69 Å². The Hall–Kier alpha value is -2.94. The molecule has 1 amide bonds. The third kappa shape index (κ3) is 5.24. The Bertz CT molecular complexity index is 1440. The van der Waals surface area contributed by atoms with E-state index in [1.807, 2.05) is 12.1 Å². The van der Waals surface area contributed by atoms with Gasteiger partial charge in [0.15, 0.2) is 0 Å². The third-order valence-electron chi connectivity index (χ3n) is 5.43. The normalized spacial score (nSPS) is 11.1. The quantitative estimate of drug-likeness (QED) is 0.373. The van der Waals surface area contributed by atoms with Crippen molar-refractivity contribution in [2.24, 2.45) is 0 Å². The zero-order chi connectivity index (χ0) is 24.2. The van der Waals surface area contributed by atoms with Crippen LogP contribution < -0.4 is 16.6 Å². The van der Waals surface area contributed by atoms with Crippen molar-refractivity contribution >= 4 is 50.7 Å². The van der Waals surface area contributed by atoms with E-state index in [-0.39, 0.29) is 36.0 Å². The largest absolute Gasteiger partial charge is 0.356 e. The van der Waals surface area contributed by atoms with Crippen molar-refractivity contribution in [2.75, 3.05) is 6.54 Å². The van der Waals surface area contributed by atoms with Crippen LogP contribution in [0.2, 0.25) is 10.0 Å². The lowest BCUT2D eigenvalue weighted by atomic mass is 10.1. The summed E-state index contributed by atoms with van der Waals surface area (Å²) < 4.78 is 17.1. The van der Waals surface area contributed by atoms with Gasteiger partial charge in [0, 0.05) is 35.1 Å². The minimum absolute atomic E-state index is 0.0485. The number of carbonyl (C=O) groups excluding carboxylic acids is 1. The fraction of sp³-hybridized carbons (Fsp3) is 0.208. The average Bonchev–Trinajstić information content (AvgIpc) is 3.30. The number of fused-ring (bicyclic) bond motifs is 1. The first kappa shape index (κ1) is 24.2. The van der Waals surface area contributed by atoms with E-state index in [0.717, 1.165) is 10.1 Å². The lowest BCUT2D eigenvalue weighted by molar-refractivity contribution is -0.121. The molecule has 34 heavy (non-hydrogen) atoms. The molecule has 10 heteroatoms. The maximum absolute atomic E-state index is 14.4. The van der Waals surface area contributed by atoms with E-state index in [0.29, 0.717) is 28.2 Å². The van der Waals surface area contributed by atoms with Crippen LogP contribution in [0.5, 0.6) is 0 Å². The summed E-state index contributed by atoms with van der Waals surface area (Å²) in [5.74, 6) is -0.823. The second-order valence-electron chi connectivity index (χ2n) is 7.64. The molecule has 0 radical (unpaired) electrons. The number of amides is 1. The van der Waals surface area contributed by atoms with Crippen LogP contribution >= 0.6 is 34.5 Å². The maximum Gasteiger partial charge on any atom is 0.331 e. The Labute approximate surface area is 208 Å². The van der Waals surface area contributed by atoms with Crippen molar-refractivity contribution in [3.8, 4) is 0 Å². The van der Waals surface area contributed by atoms with Crippen molar-refractivity contribution < 1.29 is 9.18 Å². The van der Waals surface area contributed by atoms with Crippen LogP contribution in [0.3, 0.4) is 0 Å². The zero-order valence-electron chi connectivity index (χ0n) is 17.9. The highest BCUT2D eigenvalue weighted by Gasteiger charge is 2.17. The monoisotopic (exact) mass is 519 g/mol. The standard InChI is InChI=1S/C24H20Cl2FN3O3S/c25-16-6-4-15(5-7-16)8-11-28-21(31)9-12-29-23(32)22-20(10-13-34-22)30(24(29)33)14-17-18(26)2-1-3-19(17)27/h1-7,10,13H,8-9,11-12,14H2,(H,28,31). The molecule has 0 fully saturated rings. The zero-order valence-corrected chi connectivity index (χ0v) is 20.2. The smallest absolute Gasteiger partial charge is 0.331 e. The summed E-state index contributed by atoms with van der Waals surface area (Å²) in [6, 6.07) is 13.3. The highest BCUT2D eigenvalue weighted by molar-refractivity contribution is 7.17. The maximum atomic E-state index is 14.4.